The van der Waals surface area contributed by atoms with Gasteiger partial charge in [-0.05, 0) is 19.9 Å². The second kappa shape index (κ2) is 5.46. The van der Waals surface area contributed by atoms with Crippen LogP contribution in [0, 0.1) is 0 Å². The molecule has 0 saturated carbocycles. The van der Waals surface area contributed by atoms with Crippen LogP contribution in [0.25, 0.3) is 0 Å². The number of ether oxygens (including phenoxy) is 1. The number of nitrogens with zero attached hydrogens (tertiary/aromatic N) is 1. The average molecular weight is 208 g/mol. The standard InChI is InChI=1S/C11H16N2O2/c1-3-15-10-5-9(6-13-7-10)11(14)4-8(2)12/h5-8H,3-4,12H2,1-2H3. The van der Waals surface area contributed by atoms with E-state index in [1.54, 1.807) is 19.2 Å². The lowest BCUT2D eigenvalue weighted by Gasteiger charge is -2.06. The van der Waals surface area contributed by atoms with E-state index < -0.39 is 0 Å². The van der Waals surface area contributed by atoms with Crippen molar-refractivity contribution in [1.29, 1.82) is 0 Å². The molecule has 4 heteroatoms. The number of nitrogens with two attached hydrogens (primary N) is 1. The van der Waals surface area contributed by atoms with Crippen molar-refractivity contribution >= 4 is 5.78 Å². The Bertz CT molecular complexity index is 337. The van der Waals surface area contributed by atoms with Crippen LogP contribution in [0.5, 0.6) is 5.75 Å². The lowest BCUT2D eigenvalue weighted by atomic mass is 10.1. The minimum atomic E-state index is -0.131. The van der Waals surface area contributed by atoms with Gasteiger partial charge in [-0.25, -0.2) is 0 Å². The number of ketones is 1. The van der Waals surface area contributed by atoms with Crippen LogP contribution in [0.4, 0.5) is 0 Å². The Balaban J connectivity index is 2.76. The Morgan fingerprint density at radius 3 is 2.93 bits per heavy atom. The highest BCUT2D eigenvalue weighted by Gasteiger charge is 2.09. The second-order valence-electron chi connectivity index (χ2n) is 3.45. The number of carbonyl (C=O) groups is 1. The molecule has 0 saturated heterocycles. The molecule has 0 amide bonds. The summed E-state index contributed by atoms with van der Waals surface area (Å²) in [6.07, 6.45) is 3.46. The van der Waals surface area contributed by atoms with Crippen molar-refractivity contribution in [3.05, 3.63) is 24.0 Å². The van der Waals surface area contributed by atoms with Crippen molar-refractivity contribution in [1.82, 2.24) is 4.98 Å². The maximum atomic E-state index is 11.6. The number of hydrogen-bond acceptors (Lipinski definition) is 4. The van der Waals surface area contributed by atoms with Gasteiger partial charge in [0.2, 0.25) is 0 Å². The third-order valence-corrected chi connectivity index (χ3v) is 1.85. The van der Waals surface area contributed by atoms with E-state index in [-0.39, 0.29) is 11.8 Å². The minimum Gasteiger partial charge on any atom is -0.492 e. The maximum absolute atomic E-state index is 11.6. The summed E-state index contributed by atoms with van der Waals surface area (Å²) in [6, 6.07) is 1.56. The summed E-state index contributed by atoms with van der Waals surface area (Å²) in [6.45, 7) is 4.25. The highest BCUT2D eigenvalue weighted by atomic mass is 16.5. The van der Waals surface area contributed by atoms with Crippen LogP contribution in [-0.4, -0.2) is 23.4 Å². The molecule has 1 unspecified atom stereocenters. The van der Waals surface area contributed by atoms with Gasteiger partial charge in [-0.15, -0.1) is 0 Å². The minimum absolute atomic E-state index is 0.000877. The Kier molecular flexibility index (Phi) is 4.24. The Morgan fingerprint density at radius 1 is 1.60 bits per heavy atom. The molecule has 1 heterocycles. The van der Waals surface area contributed by atoms with Crippen molar-refractivity contribution in [2.45, 2.75) is 26.3 Å². The first-order valence-electron chi connectivity index (χ1n) is 5.00. The number of carbonyl (C=O) groups excluding carboxylic acids is 1. The molecule has 2 N–H and O–H groups in total. The summed E-state index contributed by atoms with van der Waals surface area (Å²) < 4.78 is 5.26. The van der Waals surface area contributed by atoms with Crippen molar-refractivity contribution in [3.63, 3.8) is 0 Å². The van der Waals surface area contributed by atoms with Crippen molar-refractivity contribution in [2.75, 3.05) is 6.61 Å². The van der Waals surface area contributed by atoms with Crippen LogP contribution in [-0.2, 0) is 0 Å². The quantitative estimate of drug-likeness (QED) is 0.743. The van der Waals surface area contributed by atoms with E-state index in [1.165, 1.54) is 6.20 Å². The topological polar surface area (TPSA) is 65.2 Å². The molecule has 4 nitrogen and oxygen atoms in total. The Hall–Kier alpha value is -1.42. The van der Waals surface area contributed by atoms with Gasteiger partial charge in [0.15, 0.2) is 5.78 Å². The van der Waals surface area contributed by atoms with Crippen molar-refractivity contribution in [3.8, 4) is 5.75 Å². The smallest absolute Gasteiger partial charge is 0.166 e. The van der Waals surface area contributed by atoms with E-state index in [4.69, 9.17) is 10.5 Å². The summed E-state index contributed by atoms with van der Waals surface area (Å²) in [5, 5.41) is 0. The van der Waals surface area contributed by atoms with Crippen molar-refractivity contribution < 1.29 is 9.53 Å². The average Bonchev–Trinajstić information content (AvgIpc) is 2.17. The molecule has 0 aliphatic heterocycles. The van der Waals surface area contributed by atoms with Gasteiger partial charge >= 0.3 is 0 Å². The number of hydrogen-bond donors (Lipinski definition) is 1. The molecule has 0 aliphatic carbocycles. The molecule has 0 aromatic carbocycles. The summed E-state index contributed by atoms with van der Waals surface area (Å²) in [5.74, 6) is 0.618. The maximum Gasteiger partial charge on any atom is 0.166 e. The van der Waals surface area contributed by atoms with Crippen LogP contribution in [0.15, 0.2) is 18.5 Å². The molecule has 1 rings (SSSR count). The Morgan fingerprint density at radius 2 is 2.33 bits per heavy atom. The predicted molar refractivity (Wildman–Crippen MR) is 58.0 cm³/mol. The van der Waals surface area contributed by atoms with Gasteiger partial charge in [0.25, 0.3) is 0 Å². The van der Waals surface area contributed by atoms with Crippen LogP contribution in [0.2, 0.25) is 0 Å². The first kappa shape index (κ1) is 11.7. The molecular weight excluding hydrogens is 192 g/mol. The molecule has 82 valence electrons. The van der Waals surface area contributed by atoms with E-state index >= 15 is 0 Å². The predicted octanol–water partition coefficient (Wildman–Crippen LogP) is 1.40. The second-order valence-corrected chi connectivity index (χ2v) is 3.45. The lowest BCUT2D eigenvalue weighted by molar-refractivity contribution is 0.0975. The number of pyridine rings is 1. The molecule has 0 bridgehead atoms. The van der Waals surface area contributed by atoms with E-state index in [0.717, 1.165) is 0 Å². The number of Topliss-reactive ketones (excluding diaryl/α,β-unsaturated/α-hetero) is 1. The summed E-state index contributed by atoms with van der Waals surface area (Å²) >= 11 is 0. The van der Waals surface area contributed by atoms with Gasteiger partial charge in [0.1, 0.15) is 5.75 Å². The van der Waals surface area contributed by atoms with Gasteiger partial charge < -0.3 is 10.5 Å². The summed E-state index contributed by atoms with van der Waals surface area (Å²) in [5.41, 5.74) is 6.11. The zero-order valence-corrected chi connectivity index (χ0v) is 9.06. The molecule has 0 fully saturated rings. The lowest BCUT2D eigenvalue weighted by Crippen LogP contribution is -2.19. The normalized spacial score (nSPS) is 12.2. The fourth-order valence-corrected chi connectivity index (χ4v) is 1.23. The van der Waals surface area contributed by atoms with E-state index in [9.17, 15) is 4.79 Å². The largest absolute Gasteiger partial charge is 0.492 e. The SMILES string of the molecule is CCOc1cncc(C(=O)CC(C)N)c1. The molecular formula is C11H16N2O2. The van der Waals surface area contributed by atoms with Crippen LogP contribution < -0.4 is 10.5 Å². The van der Waals surface area contributed by atoms with Gasteiger partial charge in [-0.2, -0.15) is 0 Å². The van der Waals surface area contributed by atoms with E-state index in [1.807, 2.05) is 6.92 Å². The molecule has 0 radical (unpaired) electrons. The summed E-state index contributed by atoms with van der Waals surface area (Å²) in [4.78, 5) is 15.6. The van der Waals surface area contributed by atoms with Gasteiger partial charge in [0.05, 0.1) is 12.8 Å². The monoisotopic (exact) mass is 208 g/mol. The molecule has 0 spiro atoms. The molecule has 1 aromatic rings. The first-order valence-corrected chi connectivity index (χ1v) is 5.00. The van der Waals surface area contributed by atoms with Crippen LogP contribution in [0.1, 0.15) is 30.6 Å². The molecule has 1 atom stereocenters. The first-order chi connectivity index (χ1) is 7.13. The molecule has 0 aliphatic rings. The fraction of sp³-hybridized carbons (Fsp3) is 0.455. The van der Waals surface area contributed by atoms with Crippen LogP contribution in [0.3, 0.4) is 0 Å². The van der Waals surface area contributed by atoms with E-state index in [2.05, 4.69) is 4.98 Å². The van der Waals surface area contributed by atoms with Gasteiger partial charge in [0, 0.05) is 24.2 Å². The number of aromatic nitrogens is 1. The number of rotatable bonds is 5. The third kappa shape index (κ3) is 3.67. The highest BCUT2D eigenvalue weighted by Crippen LogP contribution is 2.13. The van der Waals surface area contributed by atoms with Gasteiger partial charge in [-0.3, -0.25) is 9.78 Å². The van der Waals surface area contributed by atoms with Crippen LogP contribution >= 0.6 is 0 Å². The zero-order chi connectivity index (χ0) is 11.3. The third-order valence-electron chi connectivity index (χ3n) is 1.85. The Labute approximate surface area is 89.5 Å². The summed E-state index contributed by atoms with van der Waals surface area (Å²) in [7, 11) is 0. The highest BCUT2D eigenvalue weighted by molar-refractivity contribution is 5.96. The fourth-order valence-electron chi connectivity index (χ4n) is 1.23. The van der Waals surface area contributed by atoms with Gasteiger partial charge in [-0.1, -0.05) is 0 Å². The van der Waals surface area contributed by atoms with Crippen molar-refractivity contribution in [2.24, 2.45) is 5.73 Å². The zero-order valence-electron chi connectivity index (χ0n) is 9.06. The molecule has 1 aromatic heterocycles. The molecule has 15 heavy (non-hydrogen) atoms. The van der Waals surface area contributed by atoms with E-state index in [0.29, 0.717) is 24.3 Å².